The molecular formula is C16H26O6. The number of aliphatic hydroxyl groups excluding tert-OH is 2. The summed E-state index contributed by atoms with van der Waals surface area (Å²) in [4.78, 5) is 12.3. The molecule has 5 atom stereocenters. The van der Waals surface area contributed by atoms with Crippen LogP contribution in [0.25, 0.3) is 0 Å². The SMILES string of the molecule is CC1(C)O[C@H]2O[C@H](C(=O)CC(O)C3CCCCC3)[C@H](O)[C@H]2O1. The predicted octanol–water partition coefficient (Wildman–Crippen LogP) is 1.12. The molecule has 0 amide bonds. The number of carbonyl (C=O) groups is 1. The van der Waals surface area contributed by atoms with Gasteiger partial charge in [0, 0.05) is 6.42 Å². The summed E-state index contributed by atoms with van der Waals surface area (Å²) in [5.74, 6) is -0.904. The van der Waals surface area contributed by atoms with Gasteiger partial charge in [-0.15, -0.1) is 0 Å². The molecule has 0 bridgehead atoms. The molecule has 126 valence electrons. The fourth-order valence-corrected chi connectivity index (χ4v) is 3.77. The fourth-order valence-electron chi connectivity index (χ4n) is 3.77. The summed E-state index contributed by atoms with van der Waals surface area (Å²) in [6, 6.07) is 0. The molecule has 0 spiro atoms. The summed E-state index contributed by atoms with van der Waals surface area (Å²) < 4.78 is 16.6. The van der Waals surface area contributed by atoms with Gasteiger partial charge in [0.15, 0.2) is 17.9 Å². The van der Waals surface area contributed by atoms with Gasteiger partial charge in [-0.05, 0) is 32.6 Å². The lowest BCUT2D eigenvalue weighted by atomic mass is 9.83. The van der Waals surface area contributed by atoms with Crippen molar-refractivity contribution >= 4 is 5.78 Å². The summed E-state index contributed by atoms with van der Waals surface area (Å²) in [7, 11) is 0. The highest BCUT2D eigenvalue weighted by Gasteiger charge is 2.56. The Labute approximate surface area is 130 Å². The monoisotopic (exact) mass is 314 g/mol. The van der Waals surface area contributed by atoms with Crippen molar-refractivity contribution in [3.05, 3.63) is 0 Å². The van der Waals surface area contributed by atoms with E-state index in [1.807, 2.05) is 0 Å². The van der Waals surface area contributed by atoms with Crippen LogP contribution in [0.2, 0.25) is 0 Å². The van der Waals surface area contributed by atoms with Crippen molar-refractivity contribution in [1.82, 2.24) is 0 Å². The third kappa shape index (κ3) is 3.21. The molecule has 1 aliphatic carbocycles. The van der Waals surface area contributed by atoms with Gasteiger partial charge in [-0.1, -0.05) is 19.3 Å². The van der Waals surface area contributed by atoms with Gasteiger partial charge in [-0.25, -0.2) is 0 Å². The van der Waals surface area contributed by atoms with Crippen LogP contribution in [0.4, 0.5) is 0 Å². The van der Waals surface area contributed by atoms with Gasteiger partial charge in [0.1, 0.15) is 18.3 Å². The number of hydrogen-bond acceptors (Lipinski definition) is 6. The first-order chi connectivity index (χ1) is 10.4. The summed E-state index contributed by atoms with van der Waals surface area (Å²) in [5.41, 5.74) is 0. The molecule has 3 aliphatic rings. The second-order valence-electron chi connectivity index (χ2n) is 7.15. The van der Waals surface area contributed by atoms with Crippen LogP contribution in [-0.2, 0) is 19.0 Å². The normalized spacial score (nSPS) is 39.6. The number of rotatable bonds is 4. The Bertz CT molecular complexity index is 417. The quantitative estimate of drug-likeness (QED) is 0.809. The second-order valence-corrected chi connectivity index (χ2v) is 7.15. The lowest BCUT2D eigenvalue weighted by Gasteiger charge is -2.27. The second kappa shape index (κ2) is 6.17. The fraction of sp³-hybridized carbons (Fsp3) is 0.938. The summed E-state index contributed by atoms with van der Waals surface area (Å²) in [6.07, 6.45) is 1.36. The molecule has 1 saturated carbocycles. The minimum absolute atomic E-state index is 0.0230. The Morgan fingerprint density at radius 2 is 1.91 bits per heavy atom. The Morgan fingerprint density at radius 3 is 2.55 bits per heavy atom. The van der Waals surface area contributed by atoms with Crippen LogP contribution in [0.5, 0.6) is 0 Å². The Kier molecular flexibility index (Phi) is 4.58. The van der Waals surface area contributed by atoms with Gasteiger partial charge in [-0.2, -0.15) is 0 Å². The van der Waals surface area contributed by atoms with Crippen LogP contribution in [0.3, 0.4) is 0 Å². The van der Waals surface area contributed by atoms with Crippen LogP contribution in [-0.4, -0.2) is 52.5 Å². The van der Waals surface area contributed by atoms with E-state index in [1.54, 1.807) is 13.8 Å². The molecule has 0 aromatic carbocycles. The van der Waals surface area contributed by atoms with Gasteiger partial charge in [0.25, 0.3) is 0 Å². The van der Waals surface area contributed by atoms with Gasteiger partial charge < -0.3 is 24.4 Å². The molecule has 3 rings (SSSR count). The first kappa shape index (κ1) is 16.3. The number of carbonyl (C=O) groups excluding carboxylic acids is 1. The Morgan fingerprint density at radius 1 is 1.23 bits per heavy atom. The predicted molar refractivity (Wildman–Crippen MR) is 76.9 cm³/mol. The zero-order valence-corrected chi connectivity index (χ0v) is 13.2. The van der Waals surface area contributed by atoms with E-state index < -0.39 is 36.5 Å². The van der Waals surface area contributed by atoms with Gasteiger partial charge in [-0.3, -0.25) is 4.79 Å². The maximum atomic E-state index is 12.3. The molecule has 3 fully saturated rings. The topological polar surface area (TPSA) is 85.2 Å². The Hall–Kier alpha value is -0.530. The highest BCUT2D eigenvalue weighted by Crippen LogP contribution is 2.38. The number of aliphatic hydroxyl groups is 2. The zero-order chi connectivity index (χ0) is 15.9. The number of Topliss-reactive ketones (excluding diaryl/α,β-unsaturated/α-hetero) is 1. The smallest absolute Gasteiger partial charge is 0.190 e. The average molecular weight is 314 g/mol. The molecular weight excluding hydrogens is 288 g/mol. The molecule has 2 saturated heterocycles. The number of ether oxygens (including phenoxy) is 3. The van der Waals surface area contributed by atoms with Gasteiger partial charge >= 0.3 is 0 Å². The first-order valence-corrected chi connectivity index (χ1v) is 8.27. The lowest BCUT2D eigenvalue weighted by Crippen LogP contribution is -2.40. The molecule has 0 aromatic heterocycles. The maximum absolute atomic E-state index is 12.3. The number of ketones is 1. The first-order valence-electron chi connectivity index (χ1n) is 8.27. The molecule has 6 nitrogen and oxygen atoms in total. The molecule has 0 radical (unpaired) electrons. The standard InChI is InChI=1S/C16H26O6/c1-16(2)21-14-12(19)13(20-15(14)22-16)11(18)8-10(17)9-6-4-3-5-7-9/h9-10,12-15,17,19H,3-8H2,1-2H3/t10?,12-,13+,14+,15+/m0/s1. The molecule has 22 heavy (non-hydrogen) atoms. The van der Waals surface area contributed by atoms with Crippen LogP contribution in [0.1, 0.15) is 52.4 Å². The summed E-state index contributed by atoms with van der Waals surface area (Å²) in [5, 5.41) is 20.5. The zero-order valence-electron chi connectivity index (χ0n) is 13.2. The highest BCUT2D eigenvalue weighted by molar-refractivity contribution is 5.84. The van der Waals surface area contributed by atoms with E-state index in [-0.39, 0.29) is 18.1 Å². The van der Waals surface area contributed by atoms with Crippen molar-refractivity contribution in [2.24, 2.45) is 5.92 Å². The highest BCUT2D eigenvalue weighted by atomic mass is 16.8. The minimum Gasteiger partial charge on any atom is -0.392 e. The van der Waals surface area contributed by atoms with Crippen molar-refractivity contribution in [1.29, 1.82) is 0 Å². The third-order valence-electron chi connectivity index (χ3n) is 4.94. The van der Waals surface area contributed by atoms with Crippen molar-refractivity contribution in [2.75, 3.05) is 0 Å². The Balaban J connectivity index is 1.55. The van der Waals surface area contributed by atoms with E-state index >= 15 is 0 Å². The largest absolute Gasteiger partial charge is 0.392 e. The summed E-state index contributed by atoms with van der Waals surface area (Å²) in [6.45, 7) is 3.48. The average Bonchev–Trinajstić information content (AvgIpc) is 2.93. The molecule has 2 heterocycles. The summed E-state index contributed by atoms with van der Waals surface area (Å²) >= 11 is 0. The van der Waals surface area contributed by atoms with Crippen molar-refractivity contribution in [3.63, 3.8) is 0 Å². The van der Waals surface area contributed by atoms with Crippen molar-refractivity contribution < 1.29 is 29.2 Å². The minimum atomic E-state index is -1.04. The third-order valence-corrected chi connectivity index (χ3v) is 4.94. The van der Waals surface area contributed by atoms with Crippen LogP contribution in [0, 0.1) is 5.92 Å². The molecule has 1 unspecified atom stereocenters. The maximum Gasteiger partial charge on any atom is 0.190 e. The molecule has 2 aliphatic heterocycles. The number of hydrogen-bond donors (Lipinski definition) is 2. The van der Waals surface area contributed by atoms with E-state index in [0.29, 0.717) is 0 Å². The van der Waals surface area contributed by atoms with Crippen LogP contribution < -0.4 is 0 Å². The van der Waals surface area contributed by atoms with Crippen molar-refractivity contribution in [3.8, 4) is 0 Å². The van der Waals surface area contributed by atoms with Crippen LogP contribution in [0.15, 0.2) is 0 Å². The molecule has 2 N–H and O–H groups in total. The lowest BCUT2D eigenvalue weighted by molar-refractivity contribution is -0.214. The van der Waals surface area contributed by atoms with E-state index in [4.69, 9.17) is 14.2 Å². The molecule has 0 aromatic rings. The van der Waals surface area contributed by atoms with E-state index in [2.05, 4.69) is 0 Å². The van der Waals surface area contributed by atoms with E-state index in [0.717, 1.165) is 25.7 Å². The van der Waals surface area contributed by atoms with Gasteiger partial charge in [0.05, 0.1) is 6.10 Å². The molecule has 6 heteroatoms. The van der Waals surface area contributed by atoms with Crippen LogP contribution >= 0.6 is 0 Å². The van der Waals surface area contributed by atoms with E-state index in [1.165, 1.54) is 6.42 Å². The number of fused-ring (bicyclic) bond motifs is 1. The van der Waals surface area contributed by atoms with Crippen molar-refractivity contribution in [2.45, 2.75) is 88.9 Å². The van der Waals surface area contributed by atoms with Gasteiger partial charge in [0.2, 0.25) is 0 Å². The van der Waals surface area contributed by atoms with E-state index in [9.17, 15) is 15.0 Å².